The van der Waals surface area contributed by atoms with Crippen LogP contribution in [0.25, 0.3) is 0 Å². The molecule has 2 fully saturated rings. The van der Waals surface area contributed by atoms with Crippen molar-refractivity contribution in [3.8, 4) is 0 Å². The van der Waals surface area contributed by atoms with Gasteiger partial charge in [-0.2, -0.15) is 0 Å². The van der Waals surface area contributed by atoms with Gasteiger partial charge in [-0.05, 0) is 55.4 Å². The van der Waals surface area contributed by atoms with Gasteiger partial charge in [0.15, 0.2) is 0 Å². The minimum atomic E-state index is 0.0961. The van der Waals surface area contributed by atoms with Crippen molar-refractivity contribution < 1.29 is 9.59 Å². The van der Waals surface area contributed by atoms with E-state index in [4.69, 9.17) is 0 Å². The van der Waals surface area contributed by atoms with E-state index < -0.39 is 0 Å². The van der Waals surface area contributed by atoms with Gasteiger partial charge in [0.25, 0.3) is 0 Å². The summed E-state index contributed by atoms with van der Waals surface area (Å²) >= 11 is 0. The molecule has 2 aliphatic carbocycles. The van der Waals surface area contributed by atoms with E-state index in [1.54, 1.807) is 6.20 Å². The topological polar surface area (TPSA) is 56.8 Å². The summed E-state index contributed by atoms with van der Waals surface area (Å²) in [6, 6.07) is 15.0. The fourth-order valence-electron chi connectivity index (χ4n) is 5.23. The molecule has 0 bridgehead atoms. The molecule has 1 saturated heterocycles. The maximum Gasteiger partial charge on any atom is 0.223 e. The van der Waals surface area contributed by atoms with Gasteiger partial charge in [-0.25, -0.2) is 4.98 Å². The van der Waals surface area contributed by atoms with E-state index in [0.29, 0.717) is 32.0 Å². The number of rotatable bonds is 6. The number of carbonyl (C=O) groups excluding carboxylic acids is 2. The maximum absolute atomic E-state index is 13.3. The molecule has 0 radical (unpaired) electrons. The molecular formula is C26H32N4O2. The molecule has 1 aromatic heterocycles. The van der Waals surface area contributed by atoms with Gasteiger partial charge in [0.2, 0.25) is 11.8 Å². The Labute approximate surface area is 190 Å². The first-order valence-electron chi connectivity index (χ1n) is 12.0. The van der Waals surface area contributed by atoms with E-state index in [2.05, 4.69) is 39.0 Å². The van der Waals surface area contributed by atoms with E-state index in [1.807, 2.05) is 23.1 Å². The Balaban J connectivity index is 1.17. The molecule has 0 spiro atoms. The van der Waals surface area contributed by atoms with Crippen molar-refractivity contribution in [1.29, 1.82) is 0 Å². The molecule has 32 heavy (non-hydrogen) atoms. The number of aryl methyl sites for hydroxylation is 1. The molecule has 6 heteroatoms. The molecule has 2 heterocycles. The number of nitrogens with zero attached hydrogens (tertiary/aromatic N) is 4. The van der Waals surface area contributed by atoms with E-state index in [9.17, 15) is 9.59 Å². The highest BCUT2D eigenvalue weighted by atomic mass is 16.2. The number of amides is 2. The minimum Gasteiger partial charge on any atom is -0.353 e. The molecule has 1 unspecified atom stereocenters. The standard InChI is InChI=1S/C26H32N4O2/c31-25(29-18-16-28(17-19-29)24-10-3-4-15-27-24)13-14-26(32)30(21-11-12-21)23-9-5-7-20-6-1-2-8-22(20)23/h1-4,6,8,10,15,21,23H,5,7,9,11-14,16-19H2. The predicted octanol–water partition coefficient (Wildman–Crippen LogP) is 3.58. The molecular weight excluding hydrogens is 400 g/mol. The minimum absolute atomic E-state index is 0.0961. The quantitative estimate of drug-likeness (QED) is 0.700. The number of pyridine rings is 1. The molecule has 1 aromatic carbocycles. The highest BCUT2D eigenvalue weighted by Gasteiger charge is 2.39. The Morgan fingerprint density at radius 3 is 2.47 bits per heavy atom. The van der Waals surface area contributed by atoms with Crippen LogP contribution >= 0.6 is 0 Å². The van der Waals surface area contributed by atoms with E-state index in [-0.39, 0.29) is 17.9 Å². The third-order valence-corrected chi connectivity index (χ3v) is 7.06. The number of carbonyl (C=O) groups is 2. The Hall–Kier alpha value is -2.89. The first kappa shape index (κ1) is 21.0. The fraction of sp³-hybridized carbons (Fsp3) is 0.500. The summed E-state index contributed by atoms with van der Waals surface area (Å²) in [5.41, 5.74) is 2.69. The molecule has 0 N–H and O–H groups in total. The van der Waals surface area contributed by atoms with Crippen molar-refractivity contribution in [3.63, 3.8) is 0 Å². The van der Waals surface area contributed by atoms with Crippen LogP contribution in [0.5, 0.6) is 0 Å². The van der Waals surface area contributed by atoms with Gasteiger partial charge in [-0.15, -0.1) is 0 Å². The smallest absolute Gasteiger partial charge is 0.223 e. The molecule has 1 atom stereocenters. The largest absolute Gasteiger partial charge is 0.353 e. The van der Waals surface area contributed by atoms with E-state index in [1.165, 1.54) is 11.1 Å². The zero-order chi connectivity index (χ0) is 21.9. The van der Waals surface area contributed by atoms with Crippen LogP contribution in [0.15, 0.2) is 48.7 Å². The second-order valence-electron chi connectivity index (χ2n) is 9.19. The van der Waals surface area contributed by atoms with Crippen LogP contribution < -0.4 is 4.90 Å². The number of benzene rings is 1. The van der Waals surface area contributed by atoms with Crippen molar-refractivity contribution in [2.24, 2.45) is 0 Å². The monoisotopic (exact) mass is 432 g/mol. The average molecular weight is 433 g/mol. The van der Waals surface area contributed by atoms with Gasteiger partial charge in [0.05, 0.1) is 6.04 Å². The van der Waals surface area contributed by atoms with Crippen LogP contribution in [0.2, 0.25) is 0 Å². The highest BCUT2D eigenvalue weighted by molar-refractivity contribution is 5.84. The predicted molar refractivity (Wildman–Crippen MR) is 124 cm³/mol. The van der Waals surface area contributed by atoms with Gasteiger partial charge in [-0.3, -0.25) is 9.59 Å². The van der Waals surface area contributed by atoms with Gasteiger partial charge < -0.3 is 14.7 Å². The van der Waals surface area contributed by atoms with Crippen molar-refractivity contribution >= 4 is 17.6 Å². The van der Waals surface area contributed by atoms with Crippen LogP contribution in [0.3, 0.4) is 0 Å². The fourth-order valence-corrected chi connectivity index (χ4v) is 5.23. The summed E-state index contributed by atoms with van der Waals surface area (Å²) in [5, 5.41) is 0. The van der Waals surface area contributed by atoms with Gasteiger partial charge in [-0.1, -0.05) is 30.3 Å². The van der Waals surface area contributed by atoms with Crippen LogP contribution in [0.4, 0.5) is 5.82 Å². The summed E-state index contributed by atoms with van der Waals surface area (Å²) in [4.78, 5) is 36.8. The second-order valence-corrected chi connectivity index (χ2v) is 9.19. The Morgan fingerprint density at radius 1 is 0.938 bits per heavy atom. The number of hydrogen-bond donors (Lipinski definition) is 0. The summed E-state index contributed by atoms with van der Waals surface area (Å²) in [5.74, 6) is 1.20. The lowest BCUT2D eigenvalue weighted by molar-refractivity contribution is -0.139. The van der Waals surface area contributed by atoms with Crippen LogP contribution in [-0.4, -0.2) is 58.8 Å². The zero-order valence-corrected chi connectivity index (χ0v) is 18.7. The molecule has 1 aliphatic heterocycles. The Morgan fingerprint density at radius 2 is 1.72 bits per heavy atom. The number of aromatic nitrogens is 1. The highest BCUT2D eigenvalue weighted by Crippen LogP contribution is 2.41. The van der Waals surface area contributed by atoms with Crippen molar-refractivity contribution in [2.75, 3.05) is 31.1 Å². The maximum atomic E-state index is 13.3. The van der Waals surface area contributed by atoms with Gasteiger partial charge in [0, 0.05) is 51.3 Å². The van der Waals surface area contributed by atoms with Crippen molar-refractivity contribution in [1.82, 2.24) is 14.8 Å². The second kappa shape index (κ2) is 9.31. The third kappa shape index (κ3) is 4.50. The molecule has 2 aromatic rings. The molecule has 5 rings (SSSR count). The van der Waals surface area contributed by atoms with Gasteiger partial charge >= 0.3 is 0 Å². The van der Waals surface area contributed by atoms with Crippen molar-refractivity contribution in [3.05, 3.63) is 59.8 Å². The molecule has 2 amide bonds. The van der Waals surface area contributed by atoms with Crippen LogP contribution in [0.1, 0.15) is 55.7 Å². The zero-order valence-electron chi connectivity index (χ0n) is 18.7. The van der Waals surface area contributed by atoms with Crippen LogP contribution in [0, 0.1) is 0 Å². The Bertz CT molecular complexity index is 951. The summed E-state index contributed by atoms with van der Waals surface area (Å²) in [7, 11) is 0. The number of piperazine rings is 1. The van der Waals surface area contributed by atoms with E-state index in [0.717, 1.165) is 51.0 Å². The number of fused-ring (bicyclic) bond motifs is 1. The first-order valence-corrected chi connectivity index (χ1v) is 12.0. The summed E-state index contributed by atoms with van der Waals surface area (Å²) in [6.45, 7) is 2.94. The SMILES string of the molecule is O=C(CCC(=O)N(C1CC1)C1CCCc2ccccc21)N1CCN(c2ccccn2)CC1. The van der Waals surface area contributed by atoms with E-state index >= 15 is 0 Å². The first-order chi connectivity index (χ1) is 15.7. The van der Waals surface area contributed by atoms with Gasteiger partial charge in [0.1, 0.15) is 5.82 Å². The lowest BCUT2D eigenvalue weighted by atomic mass is 9.86. The normalized spacial score (nSPS) is 20.6. The lowest BCUT2D eigenvalue weighted by Crippen LogP contribution is -2.49. The molecule has 3 aliphatic rings. The Kier molecular flexibility index (Phi) is 6.10. The number of anilines is 1. The van der Waals surface area contributed by atoms with Crippen molar-refractivity contribution in [2.45, 2.75) is 57.0 Å². The molecule has 168 valence electrons. The summed E-state index contributed by atoms with van der Waals surface area (Å²) < 4.78 is 0. The average Bonchev–Trinajstić information content (AvgIpc) is 3.69. The van der Waals surface area contributed by atoms with Crippen LogP contribution in [-0.2, 0) is 16.0 Å². The molecule has 6 nitrogen and oxygen atoms in total. The third-order valence-electron chi connectivity index (χ3n) is 7.06. The number of hydrogen-bond acceptors (Lipinski definition) is 4. The lowest BCUT2D eigenvalue weighted by Gasteiger charge is -2.37. The summed E-state index contributed by atoms with van der Waals surface area (Å²) in [6.07, 6.45) is 7.85. The molecule has 1 saturated carbocycles.